The number of hydrogen-bond donors (Lipinski definition) is 1. The molecular formula is C27H22S. The molecule has 0 amide bonds. The average Bonchev–Trinajstić information content (AvgIpc) is 2.95. The number of fused-ring (bicyclic) bond motifs is 3. The molecule has 0 aromatic heterocycles. The second-order valence-corrected chi connectivity index (χ2v) is 8.58. The van der Waals surface area contributed by atoms with Gasteiger partial charge >= 0.3 is 0 Å². The first-order chi connectivity index (χ1) is 13.5. The molecule has 1 heteroatoms. The van der Waals surface area contributed by atoms with Crippen LogP contribution in [-0.4, -0.2) is 0 Å². The minimum Gasteiger partial charge on any atom is -0.143 e. The van der Waals surface area contributed by atoms with Gasteiger partial charge in [-0.1, -0.05) is 80.6 Å². The van der Waals surface area contributed by atoms with Gasteiger partial charge in [0.1, 0.15) is 0 Å². The molecule has 0 atom stereocenters. The Morgan fingerprint density at radius 2 is 1.07 bits per heavy atom. The molecule has 1 aliphatic carbocycles. The first kappa shape index (κ1) is 17.3. The van der Waals surface area contributed by atoms with Gasteiger partial charge in [0, 0.05) is 10.3 Å². The summed E-state index contributed by atoms with van der Waals surface area (Å²) in [6.07, 6.45) is 0. The largest absolute Gasteiger partial charge is 0.143 e. The van der Waals surface area contributed by atoms with Crippen molar-refractivity contribution >= 4 is 12.6 Å². The van der Waals surface area contributed by atoms with Gasteiger partial charge in [0.05, 0.1) is 0 Å². The van der Waals surface area contributed by atoms with Gasteiger partial charge in [-0.3, -0.25) is 0 Å². The van der Waals surface area contributed by atoms with Crippen molar-refractivity contribution in [3.05, 3.63) is 102 Å². The van der Waals surface area contributed by atoms with Gasteiger partial charge in [0.2, 0.25) is 0 Å². The molecule has 136 valence electrons. The summed E-state index contributed by atoms with van der Waals surface area (Å²) in [6, 6.07) is 32.8. The van der Waals surface area contributed by atoms with Gasteiger partial charge in [0.15, 0.2) is 0 Å². The van der Waals surface area contributed by atoms with Crippen LogP contribution in [-0.2, 0) is 5.41 Å². The summed E-state index contributed by atoms with van der Waals surface area (Å²) >= 11 is 4.51. The maximum atomic E-state index is 4.51. The van der Waals surface area contributed by atoms with Gasteiger partial charge in [-0.2, -0.15) is 0 Å². The van der Waals surface area contributed by atoms with Gasteiger partial charge in [0.25, 0.3) is 0 Å². The summed E-state index contributed by atoms with van der Waals surface area (Å²) in [7, 11) is 0. The molecule has 0 N–H and O–H groups in total. The Morgan fingerprint density at radius 3 is 1.68 bits per heavy atom. The Bertz CT molecular complexity index is 1190. The van der Waals surface area contributed by atoms with Crippen molar-refractivity contribution < 1.29 is 0 Å². The highest BCUT2D eigenvalue weighted by Crippen LogP contribution is 2.50. The van der Waals surface area contributed by atoms with Gasteiger partial charge in [-0.05, 0) is 68.8 Å². The topological polar surface area (TPSA) is 0 Å². The zero-order valence-corrected chi connectivity index (χ0v) is 17.0. The molecule has 0 saturated carbocycles. The number of rotatable bonds is 2. The van der Waals surface area contributed by atoms with E-state index >= 15 is 0 Å². The highest BCUT2D eigenvalue weighted by Gasteiger charge is 2.35. The maximum absolute atomic E-state index is 4.51. The van der Waals surface area contributed by atoms with Gasteiger partial charge < -0.3 is 0 Å². The van der Waals surface area contributed by atoms with Crippen molar-refractivity contribution in [1.29, 1.82) is 0 Å². The van der Waals surface area contributed by atoms with Crippen LogP contribution in [0.15, 0.2) is 95.9 Å². The van der Waals surface area contributed by atoms with Crippen LogP contribution in [0.5, 0.6) is 0 Å². The number of hydrogen-bond acceptors (Lipinski definition) is 1. The molecule has 4 aromatic carbocycles. The van der Waals surface area contributed by atoms with Crippen LogP contribution in [0.25, 0.3) is 33.4 Å². The third-order valence-corrected chi connectivity index (χ3v) is 6.24. The Balaban J connectivity index is 1.64. The maximum Gasteiger partial charge on any atom is 0.0159 e. The van der Waals surface area contributed by atoms with Gasteiger partial charge in [-0.25, -0.2) is 0 Å². The predicted molar refractivity (Wildman–Crippen MR) is 122 cm³/mol. The first-order valence-corrected chi connectivity index (χ1v) is 10.1. The SMILES string of the molecule is CC1(C)c2cc(-c3ccccc3)ccc2-c2ccc(-c3cccc(S)c3)cc21. The minimum absolute atomic E-state index is 0.0238. The summed E-state index contributed by atoms with van der Waals surface area (Å²) in [4.78, 5) is 0.994. The van der Waals surface area contributed by atoms with E-state index in [1.165, 1.54) is 44.5 Å². The van der Waals surface area contributed by atoms with Crippen molar-refractivity contribution in [2.45, 2.75) is 24.2 Å². The molecule has 0 nitrogen and oxygen atoms in total. The second kappa shape index (κ2) is 6.39. The van der Waals surface area contributed by atoms with E-state index in [0.29, 0.717) is 0 Å². The lowest BCUT2D eigenvalue weighted by Crippen LogP contribution is -2.15. The van der Waals surface area contributed by atoms with Crippen molar-refractivity contribution in [2.75, 3.05) is 0 Å². The molecular weight excluding hydrogens is 356 g/mol. The third kappa shape index (κ3) is 2.70. The van der Waals surface area contributed by atoms with Crippen LogP contribution < -0.4 is 0 Å². The fraction of sp³-hybridized carbons (Fsp3) is 0.111. The molecule has 0 fully saturated rings. The Labute approximate surface area is 172 Å². The first-order valence-electron chi connectivity index (χ1n) is 9.68. The summed E-state index contributed by atoms with van der Waals surface area (Å²) in [6.45, 7) is 4.68. The summed E-state index contributed by atoms with van der Waals surface area (Å²) in [5.41, 5.74) is 10.5. The van der Waals surface area contributed by atoms with E-state index in [1.807, 2.05) is 6.07 Å². The highest BCUT2D eigenvalue weighted by atomic mass is 32.1. The molecule has 0 spiro atoms. The number of benzene rings is 4. The van der Waals surface area contributed by atoms with E-state index in [1.54, 1.807) is 0 Å². The third-order valence-electron chi connectivity index (χ3n) is 5.96. The second-order valence-electron chi connectivity index (χ2n) is 8.06. The lowest BCUT2D eigenvalue weighted by molar-refractivity contribution is 0.661. The summed E-state index contributed by atoms with van der Waals surface area (Å²) in [5, 5.41) is 0. The fourth-order valence-electron chi connectivity index (χ4n) is 4.41. The molecule has 5 rings (SSSR count). The average molecular weight is 379 g/mol. The zero-order valence-electron chi connectivity index (χ0n) is 16.1. The lowest BCUT2D eigenvalue weighted by Gasteiger charge is -2.22. The molecule has 1 aliphatic rings. The van der Waals surface area contributed by atoms with Crippen LogP contribution in [0.1, 0.15) is 25.0 Å². The molecule has 0 aliphatic heterocycles. The van der Waals surface area contributed by atoms with E-state index in [4.69, 9.17) is 0 Å². The normalized spacial score (nSPS) is 13.8. The van der Waals surface area contributed by atoms with Crippen LogP contribution in [0.3, 0.4) is 0 Å². The predicted octanol–water partition coefficient (Wildman–Crippen LogP) is 7.62. The summed E-state index contributed by atoms with van der Waals surface area (Å²) < 4.78 is 0. The highest BCUT2D eigenvalue weighted by molar-refractivity contribution is 7.80. The smallest absolute Gasteiger partial charge is 0.0159 e. The van der Waals surface area contributed by atoms with Crippen molar-refractivity contribution in [2.24, 2.45) is 0 Å². The lowest BCUT2D eigenvalue weighted by atomic mass is 9.81. The van der Waals surface area contributed by atoms with E-state index in [2.05, 4.69) is 111 Å². The molecule has 0 saturated heterocycles. The molecule has 28 heavy (non-hydrogen) atoms. The molecule has 4 aromatic rings. The Morgan fingerprint density at radius 1 is 0.536 bits per heavy atom. The van der Waals surface area contributed by atoms with Crippen molar-refractivity contribution in [3.63, 3.8) is 0 Å². The van der Waals surface area contributed by atoms with E-state index < -0.39 is 0 Å². The van der Waals surface area contributed by atoms with Crippen LogP contribution in [0.2, 0.25) is 0 Å². The van der Waals surface area contributed by atoms with Crippen molar-refractivity contribution in [3.8, 4) is 33.4 Å². The van der Waals surface area contributed by atoms with Crippen LogP contribution >= 0.6 is 12.6 Å². The van der Waals surface area contributed by atoms with Crippen molar-refractivity contribution in [1.82, 2.24) is 0 Å². The fourth-order valence-corrected chi connectivity index (χ4v) is 4.64. The molecule has 0 radical (unpaired) electrons. The number of thiol groups is 1. The van der Waals surface area contributed by atoms with Gasteiger partial charge in [-0.15, -0.1) is 12.6 Å². The minimum atomic E-state index is -0.0238. The summed E-state index contributed by atoms with van der Waals surface area (Å²) in [5.74, 6) is 0. The van der Waals surface area contributed by atoms with E-state index in [0.717, 1.165) is 4.90 Å². The monoisotopic (exact) mass is 378 g/mol. The molecule has 0 heterocycles. The van der Waals surface area contributed by atoms with E-state index in [-0.39, 0.29) is 5.41 Å². The molecule has 0 unspecified atom stereocenters. The quantitative estimate of drug-likeness (QED) is 0.341. The molecule has 0 bridgehead atoms. The standard InChI is InChI=1S/C27H22S/c1-27(2)25-16-20(18-7-4-3-5-8-18)11-13-23(25)24-14-12-21(17-26(24)27)19-9-6-10-22(28)15-19/h3-17,28H,1-2H3. The van der Waals surface area contributed by atoms with Crippen LogP contribution in [0, 0.1) is 0 Å². The zero-order chi connectivity index (χ0) is 19.3. The Hall–Kier alpha value is -2.77. The van der Waals surface area contributed by atoms with Crippen LogP contribution in [0.4, 0.5) is 0 Å². The van der Waals surface area contributed by atoms with E-state index in [9.17, 15) is 0 Å². The Kier molecular flexibility index (Phi) is 3.96.